The summed E-state index contributed by atoms with van der Waals surface area (Å²) in [5, 5.41) is 26.0. The molecule has 1 aliphatic carbocycles. The van der Waals surface area contributed by atoms with Crippen LogP contribution in [0.5, 0.6) is 0 Å². The fraction of sp³-hybridized carbons (Fsp3) is 0. The number of nitrogens with zero attached hydrogens (tertiary/aromatic N) is 3. The maximum atomic E-state index is 12.9. The third-order valence-electron chi connectivity index (χ3n) is 4.94. The first-order chi connectivity index (χ1) is 15.3. The van der Waals surface area contributed by atoms with Crippen molar-refractivity contribution in [3.05, 3.63) is 103 Å². The Hall–Kier alpha value is -4.93. The van der Waals surface area contributed by atoms with Crippen molar-refractivity contribution in [1.82, 2.24) is 0 Å². The number of hydrogen-bond donors (Lipinski definition) is 2. The van der Waals surface area contributed by atoms with Crippen LogP contribution in [0.2, 0.25) is 0 Å². The van der Waals surface area contributed by atoms with E-state index in [1.165, 1.54) is 18.3 Å². The molecule has 1 aliphatic rings. The van der Waals surface area contributed by atoms with Crippen LogP contribution in [0.4, 0.5) is 22.7 Å². The summed E-state index contributed by atoms with van der Waals surface area (Å²) < 4.78 is 0. The first-order valence-corrected chi connectivity index (χ1v) is 9.12. The number of fused-ring (bicyclic) bond motifs is 2. The van der Waals surface area contributed by atoms with Crippen LogP contribution in [0.3, 0.4) is 0 Å². The molecule has 3 N–H and O–H groups in total. The number of hydrogen-bond acceptors (Lipinski definition) is 9. The van der Waals surface area contributed by atoms with Crippen LogP contribution in [-0.2, 0) is 0 Å². The van der Waals surface area contributed by atoms with Crippen LogP contribution in [0.15, 0.2) is 59.7 Å². The average molecular weight is 431 g/mol. The van der Waals surface area contributed by atoms with Gasteiger partial charge in [0.25, 0.3) is 5.69 Å². The summed E-state index contributed by atoms with van der Waals surface area (Å²) in [6, 6.07) is 12.5. The maximum absolute atomic E-state index is 12.9. The van der Waals surface area contributed by atoms with Crippen LogP contribution in [0, 0.1) is 20.2 Å². The van der Waals surface area contributed by atoms with Gasteiger partial charge in [0.2, 0.25) is 0 Å². The quantitative estimate of drug-likeness (QED) is 0.210. The van der Waals surface area contributed by atoms with Gasteiger partial charge in [0.1, 0.15) is 5.69 Å². The molecule has 11 heteroatoms. The highest BCUT2D eigenvalue weighted by Gasteiger charge is 2.31. The van der Waals surface area contributed by atoms with Gasteiger partial charge in [0.05, 0.1) is 33.4 Å². The zero-order chi connectivity index (χ0) is 23.0. The van der Waals surface area contributed by atoms with E-state index < -0.39 is 21.2 Å². The van der Waals surface area contributed by atoms with E-state index in [9.17, 15) is 29.8 Å². The van der Waals surface area contributed by atoms with Gasteiger partial charge < -0.3 is 5.73 Å². The molecular formula is C21H13N5O6. The van der Waals surface area contributed by atoms with Gasteiger partial charge in [-0.25, -0.2) is 0 Å². The molecule has 0 fully saturated rings. The number of anilines is 2. The van der Waals surface area contributed by atoms with Gasteiger partial charge in [-0.05, 0) is 12.1 Å². The Bertz CT molecular complexity index is 1360. The molecule has 11 nitrogen and oxygen atoms in total. The van der Waals surface area contributed by atoms with Crippen LogP contribution in [-0.4, -0.2) is 27.6 Å². The smallest absolute Gasteiger partial charge is 0.301 e. The van der Waals surface area contributed by atoms with Crippen LogP contribution in [0.1, 0.15) is 37.4 Å². The van der Waals surface area contributed by atoms with Gasteiger partial charge in [-0.3, -0.25) is 35.2 Å². The normalized spacial score (nSPS) is 12.4. The highest BCUT2D eigenvalue weighted by atomic mass is 16.6. The second-order valence-corrected chi connectivity index (χ2v) is 6.78. The number of hydrazone groups is 1. The standard InChI is InChI=1S/C21H13N5O6/c22-19-11(10-23-24-16-8-6-12(25(29)30)9-17(16)26(31)32)5-7-15-18(19)21(28)14-4-2-1-3-13(14)20(15)27/h1-10,24H,22H2. The van der Waals surface area contributed by atoms with E-state index in [1.807, 2.05) is 0 Å². The largest absolute Gasteiger partial charge is 0.398 e. The number of nitro benzene ring substituents is 2. The van der Waals surface area contributed by atoms with Crippen molar-refractivity contribution in [2.75, 3.05) is 11.2 Å². The van der Waals surface area contributed by atoms with E-state index in [0.29, 0.717) is 11.1 Å². The SMILES string of the molecule is Nc1c(C=NNc2ccc([N+](=O)[O-])cc2[N+](=O)[O-])ccc2c1C(=O)c1ccccc1C2=O. The lowest BCUT2D eigenvalue weighted by Crippen LogP contribution is -2.23. The van der Waals surface area contributed by atoms with E-state index in [-0.39, 0.29) is 39.6 Å². The molecule has 0 heterocycles. The van der Waals surface area contributed by atoms with Gasteiger partial charge in [0, 0.05) is 28.3 Å². The van der Waals surface area contributed by atoms with Crippen molar-refractivity contribution in [2.24, 2.45) is 5.10 Å². The Morgan fingerprint density at radius 3 is 2.22 bits per heavy atom. The lowest BCUT2D eigenvalue weighted by atomic mass is 9.82. The minimum atomic E-state index is -0.778. The van der Waals surface area contributed by atoms with Gasteiger partial charge in [-0.2, -0.15) is 5.10 Å². The number of nitrogens with one attached hydrogen (secondary N) is 1. The molecule has 32 heavy (non-hydrogen) atoms. The molecular weight excluding hydrogens is 418 g/mol. The molecule has 0 aromatic heterocycles. The summed E-state index contributed by atoms with van der Waals surface area (Å²) in [4.78, 5) is 46.2. The minimum absolute atomic E-state index is 0.0408. The summed E-state index contributed by atoms with van der Waals surface area (Å²) in [6.07, 6.45) is 1.24. The zero-order valence-corrected chi connectivity index (χ0v) is 16.1. The van der Waals surface area contributed by atoms with Gasteiger partial charge in [0.15, 0.2) is 11.6 Å². The van der Waals surface area contributed by atoms with Gasteiger partial charge in [-0.1, -0.05) is 30.3 Å². The highest BCUT2D eigenvalue weighted by Crippen LogP contribution is 2.32. The second-order valence-electron chi connectivity index (χ2n) is 6.78. The zero-order valence-electron chi connectivity index (χ0n) is 16.1. The first kappa shape index (κ1) is 20.3. The number of carbonyl (C=O) groups excluding carboxylic acids is 2. The van der Waals surface area contributed by atoms with Crippen molar-refractivity contribution in [3.8, 4) is 0 Å². The number of rotatable bonds is 5. The van der Waals surface area contributed by atoms with Crippen LogP contribution < -0.4 is 11.2 Å². The van der Waals surface area contributed by atoms with E-state index in [2.05, 4.69) is 10.5 Å². The van der Waals surface area contributed by atoms with Crippen molar-refractivity contribution < 1.29 is 19.4 Å². The number of nitrogen functional groups attached to an aromatic ring is 1. The molecule has 0 saturated heterocycles. The minimum Gasteiger partial charge on any atom is -0.398 e. The molecule has 4 rings (SSSR count). The lowest BCUT2D eigenvalue weighted by molar-refractivity contribution is -0.393. The molecule has 0 unspecified atom stereocenters. The summed E-state index contributed by atoms with van der Waals surface area (Å²) in [6.45, 7) is 0. The number of ketones is 2. The monoisotopic (exact) mass is 431 g/mol. The fourth-order valence-electron chi connectivity index (χ4n) is 3.39. The van der Waals surface area contributed by atoms with E-state index in [0.717, 1.165) is 18.2 Å². The van der Waals surface area contributed by atoms with Crippen LogP contribution in [0.25, 0.3) is 0 Å². The second kappa shape index (κ2) is 7.72. The van der Waals surface area contributed by atoms with E-state index in [1.54, 1.807) is 24.3 Å². The predicted molar refractivity (Wildman–Crippen MR) is 115 cm³/mol. The van der Waals surface area contributed by atoms with Crippen molar-refractivity contribution in [2.45, 2.75) is 0 Å². The molecule has 0 saturated carbocycles. The lowest BCUT2D eigenvalue weighted by Gasteiger charge is -2.19. The number of benzene rings is 3. The Balaban J connectivity index is 1.66. The molecule has 3 aromatic rings. The topological polar surface area (TPSA) is 171 Å². The van der Waals surface area contributed by atoms with Crippen molar-refractivity contribution in [3.63, 3.8) is 0 Å². The molecule has 0 spiro atoms. The van der Waals surface area contributed by atoms with E-state index >= 15 is 0 Å². The summed E-state index contributed by atoms with van der Waals surface area (Å²) in [5.41, 5.74) is 8.71. The van der Waals surface area contributed by atoms with Crippen LogP contribution >= 0.6 is 0 Å². The van der Waals surface area contributed by atoms with Crippen molar-refractivity contribution in [1.29, 1.82) is 0 Å². The molecule has 0 atom stereocenters. The highest BCUT2D eigenvalue weighted by molar-refractivity contribution is 6.30. The van der Waals surface area contributed by atoms with Gasteiger partial charge in [-0.15, -0.1) is 0 Å². The number of nitro groups is 2. The Morgan fingerprint density at radius 2 is 1.56 bits per heavy atom. The number of nitrogens with two attached hydrogens (primary N) is 1. The molecule has 0 aliphatic heterocycles. The average Bonchev–Trinajstić information content (AvgIpc) is 2.78. The third kappa shape index (κ3) is 3.33. The number of carbonyl (C=O) groups is 2. The molecule has 3 aromatic carbocycles. The van der Waals surface area contributed by atoms with E-state index in [4.69, 9.17) is 5.73 Å². The molecule has 0 bridgehead atoms. The Morgan fingerprint density at radius 1 is 0.875 bits per heavy atom. The summed E-state index contributed by atoms with van der Waals surface area (Å²) in [5.74, 6) is -0.702. The molecule has 158 valence electrons. The fourth-order valence-corrected chi connectivity index (χ4v) is 3.39. The number of non-ortho nitro benzene ring substituents is 1. The Labute approximate surface area is 179 Å². The summed E-state index contributed by atoms with van der Waals surface area (Å²) in [7, 11) is 0. The third-order valence-corrected chi connectivity index (χ3v) is 4.94. The summed E-state index contributed by atoms with van der Waals surface area (Å²) >= 11 is 0. The van der Waals surface area contributed by atoms with Crippen molar-refractivity contribution >= 4 is 40.5 Å². The molecule has 0 amide bonds. The Kier molecular flexibility index (Phi) is 4.91. The van der Waals surface area contributed by atoms with Gasteiger partial charge >= 0.3 is 5.69 Å². The predicted octanol–water partition coefficient (Wildman–Crippen LogP) is 3.31. The molecule has 0 radical (unpaired) electrons. The maximum Gasteiger partial charge on any atom is 0.301 e. The first-order valence-electron chi connectivity index (χ1n) is 9.12.